The van der Waals surface area contributed by atoms with Crippen molar-refractivity contribution in [3.8, 4) is 56.8 Å². The standard InChI is InChI=1S/C68H44O9S2/c1-73-49-27-21-41-35-47(25-19-43(41)37-49)67(59-15-7-3-11-55(59)56-12-4-8-16-60(56)67)48-26-20-44-38-51(28-22-42(44)36-48)76-79(71,72)77-52-30-32-54-46(40-52)24-34-64-66(54)74-65-53-31-29-50(75-78(2,69)70)39-45(53)23-33-63(65)68(64)61-17-9-5-13-57(61)58-14-6-10-18-62(58)68/h3-40H,1-2H3. The molecule has 9 nitrogen and oxygen atoms in total. The summed E-state index contributed by atoms with van der Waals surface area (Å²) in [7, 11) is -6.75. The van der Waals surface area contributed by atoms with Crippen LogP contribution >= 0.6 is 0 Å². The topological polar surface area (TPSA) is 114 Å². The van der Waals surface area contributed by atoms with Crippen LogP contribution in [0.4, 0.5) is 0 Å². The molecule has 79 heavy (non-hydrogen) atoms. The van der Waals surface area contributed by atoms with E-state index in [1.54, 1.807) is 43.5 Å². The minimum Gasteiger partial charge on any atom is -0.497 e. The van der Waals surface area contributed by atoms with E-state index < -0.39 is 31.3 Å². The normalized spacial score (nSPS) is 14.2. The SMILES string of the molecule is COc1ccc2cc(C3(c4ccc5cc(OS(=O)(=O)Oc6ccc7c8c(ccc7c6)C6(c7ccccc7-c7ccccc76)c6ccc7cc(OS(C)(=O)=O)ccc7c6O8)ccc5c4)c4ccccc4-c4ccccc43)ccc2c1. The largest absolute Gasteiger partial charge is 0.500 e. The van der Waals surface area contributed by atoms with Crippen LogP contribution in [-0.2, 0) is 31.3 Å². The number of ether oxygens (including phenoxy) is 2. The Morgan fingerprint density at radius 2 is 0.696 bits per heavy atom. The first kappa shape index (κ1) is 46.8. The van der Waals surface area contributed by atoms with Gasteiger partial charge in [0, 0.05) is 21.9 Å². The maximum absolute atomic E-state index is 13.9. The molecule has 0 radical (unpaired) electrons. The molecule has 0 N–H and O–H groups in total. The molecule has 12 aromatic rings. The summed E-state index contributed by atoms with van der Waals surface area (Å²) in [6.07, 6.45) is 1.02. The molecule has 15 rings (SSSR count). The molecule has 11 heteroatoms. The Labute approximate surface area is 455 Å². The lowest BCUT2D eigenvalue weighted by atomic mass is 9.65. The van der Waals surface area contributed by atoms with Gasteiger partial charge >= 0.3 is 20.5 Å². The van der Waals surface area contributed by atoms with Crippen LogP contribution in [0.2, 0.25) is 0 Å². The predicted molar refractivity (Wildman–Crippen MR) is 310 cm³/mol. The van der Waals surface area contributed by atoms with Gasteiger partial charge in [-0.2, -0.15) is 8.42 Å². The van der Waals surface area contributed by atoms with Crippen molar-refractivity contribution in [2.24, 2.45) is 0 Å². The van der Waals surface area contributed by atoms with Crippen LogP contribution in [0.15, 0.2) is 231 Å². The molecule has 0 fully saturated rings. The molecule has 1 aliphatic heterocycles. The van der Waals surface area contributed by atoms with E-state index in [1.807, 2.05) is 72.8 Å². The summed E-state index contributed by atoms with van der Waals surface area (Å²) in [5.41, 5.74) is 11.7. The first-order chi connectivity index (χ1) is 38.4. The van der Waals surface area contributed by atoms with E-state index in [1.165, 1.54) is 22.3 Å². The molecule has 0 saturated carbocycles. The summed E-state index contributed by atoms with van der Waals surface area (Å²) in [5, 5.41) is 6.75. The summed E-state index contributed by atoms with van der Waals surface area (Å²) >= 11 is 0. The lowest BCUT2D eigenvalue weighted by Crippen LogP contribution is -2.32. The fourth-order valence-corrected chi connectivity index (χ4v) is 14.2. The summed E-state index contributed by atoms with van der Waals surface area (Å²) in [4.78, 5) is 0. The Morgan fingerprint density at radius 3 is 1.15 bits per heavy atom. The van der Waals surface area contributed by atoms with Gasteiger partial charge in [0.1, 0.15) is 34.5 Å². The molecular formula is C68H44O9S2. The predicted octanol–water partition coefficient (Wildman–Crippen LogP) is 15.2. The second-order valence-corrected chi connectivity index (χ2v) is 23.2. The van der Waals surface area contributed by atoms with E-state index >= 15 is 0 Å². The number of rotatable bonds is 9. The zero-order valence-corrected chi connectivity index (χ0v) is 44.1. The van der Waals surface area contributed by atoms with Crippen LogP contribution < -0.4 is 22.0 Å². The summed E-state index contributed by atoms with van der Waals surface area (Å²) in [6.45, 7) is 0. The fraction of sp³-hybridized carbons (Fsp3) is 0.0588. The Bertz CT molecular complexity index is 4760. The van der Waals surface area contributed by atoms with Crippen LogP contribution in [-0.4, -0.2) is 30.2 Å². The summed E-state index contributed by atoms with van der Waals surface area (Å²) < 4.78 is 81.5. The molecule has 0 saturated heterocycles. The third-order valence-corrected chi connectivity index (χ3v) is 17.5. The highest BCUT2D eigenvalue weighted by molar-refractivity contribution is 7.86. The number of fused-ring (bicyclic) bond motifs is 18. The molecule has 0 aromatic heterocycles. The third kappa shape index (κ3) is 7.06. The van der Waals surface area contributed by atoms with Crippen molar-refractivity contribution in [1.29, 1.82) is 0 Å². The molecule has 0 unspecified atom stereocenters. The molecule has 1 spiro atoms. The molecular weight excluding hydrogens is 1020 g/mol. The third-order valence-electron chi connectivity index (χ3n) is 16.2. The van der Waals surface area contributed by atoms with Crippen LogP contribution in [0.3, 0.4) is 0 Å². The minimum absolute atomic E-state index is 0.0551. The molecule has 12 aromatic carbocycles. The highest BCUT2D eigenvalue weighted by Gasteiger charge is 2.52. The van der Waals surface area contributed by atoms with Crippen molar-refractivity contribution in [2.75, 3.05) is 13.4 Å². The average Bonchev–Trinajstić information content (AvgIpc) is 3.76. The maximum atomic E-state index is 13.9. The van der Waals surface area contributed by atoms with Crippen LogP contribution in [0.25, 0.3) is 65.3 Å². The molecule has 0 atom stereocenters. The molecule has 3 aliphatic rings. The van der Waals surface area contributed by atoms with Crippen molar-refractivity contribution >= 4 is 63.6 Å². The second-order valence-electron chi connectivity index (χ2n) is 20.4. The van der Waals surface area contributed by atoms with Crippen molar-refractivity contribution in [3.63, 3.8) is 0 Å². The number of benzene rings is 12. The minimum atomic E-state index is -4.65. The van der Waals surface area contributed by atoms with E-state index in [0.29, 0.717) is 16.9 Å². The molecule has 2 aliphatic carbocycles. The maximum Gasteiger partial charge on any atom is 0.500 e. The number of hydrogen-bond acceptors (Lipinski definition) is 9. The lowest BCUT2D eigenvalue weighted by Gasteiger charge is -2.40. The van der Waals surface area contributed by atoms with Crippen LogP contribution in [0.1, 0.15) is 44.5 Å². The zero-order valence-electron chi connectivity index (χ0n) is 42.4. The smallest absolute Gasteiger partial charge is 0.497 e. The van der Waals surface area contributed by atoms with Gasteiger partial charge in [0.15, 0.2) is 0 Å². The van der Waals surface area contributed by atoms with Gasteiger partial charge in [0.2, 0.25) is 0 Å². The molecule has 0 amide bonds. The Balaban J connectivity index is 0.780. The van der Waals surface area contributed by atoms with Crippen molar-refractivity contribution < 1.29 is 38.9 Å². The van der Waals surface area contributed by atoms with Crippen molar-refractivity contribution in [3.05, 3.63) is 275 Å². The number of hydrogen-bond donors (Lipinski definition) is 0. The first-order valence-corrected chi connectivity index (χ1v) is 28.9. The lowest BCUT2D eigenvalue weighted by molar-refractivity contribution is 0.393. The second kappa shape index (κ2) is 17.0. The van der Waals surface area contributed by atoms with E-state index in [-0.39, 0.29) is 17.2 Å². The Kier molecular flexibility index (Phi) is 10.1. The van der Waals surface area contributed by atoms with Gasteiger partial charge in [-0.1, -0.05) is 158 Å². The molecule has 0 bridgehead atoms. The van der Waals surface area contributed by atoms with E-state index in [2.05, 4.69) is 121 Å². The zero-order chi connectivity index (χ0) is 53.4. The van der Waals surface area contributed by atoms with E-state index in [0.717, 1.165) is 94.2 Å². The van der Waals surface area contributed by atoms with Gasteiger partial charge in [-0.25, -0.2) is 0 Å². The van der Waals surface area contributed by atoms with Crippen LogP contribution in [0.5, 0.6) is 34.5 Å². The van der Waals surface area contributed by atoms with E-state index in [4.69, 9.17) is 22.0 Å². The van der Waals surface area contributed by atoms with Gasteiger partial charge in [-0.3, -0.25) is 0 Å². The van der Waals surface area contributed by atoms with Gasteiger partial charge in [-0.15, -0.1) is 8.42 Å². The summed E-state index contributed by atoms with van der Waals surface area (Å²) in [6, 6.07) is 76.7. The fourth-order valence-electron chi connectivity index (χ4n) is 13.1. The van der Waals surface area contributed by atoms with Crippen molar-refractivity contribution in [1.82, 2.24) is 0 Å². The van der Waals surface area contributed by atoms with E-state index in [9.17, 15) is 16.8 Å². The van der Waals surface area contributed by atoms with Crippen LogP contribution in [0, 0.1) is 0 Å². The highest BCUT2D eigenvalue weighted by Crippen LogP contribution is 2.64. The average molecular weight is 1070 g/mol. The Hall–Kier alpha value is -9.42. The monoisotopic (exact) mass is 1070 g/mol. The molecule has 1 heterocycles. The Morgan fingerprint density at radius 1 is 0.342 bits per heavy atom. The van der Waals surface area contributed by atoms with Gasteiger partial charge in [-0.05, 0) is 161 Å². The van der Waals surface area contributed by atoms with Gasteiger partial charge < -0.3 is 22.0 Å². The molecule has 382 valence electrons. The van der Waals surface area contributed by atoms with Gasteiger partial charge in [0.05, 0.1) is 24.2 Å². The van der Waals surface area contributed by atoms with Crippen molar-refractivity contribution in [2.45, 2.75) is 10.8 Å². The number of methoxy groups -OCH3 is 1. The van der Waals surface area contributed by atoms with Gasteiger partial charge in [0.25, 0.3) is 0 Å². The quantitative estimate of drug-likeness (QED) is 0.130. The first-order valence-electron chi connectivity index (χ1n) is 25.8. The summed E-state index contributed by atoms with van der Waals surface area (Å²) in [5.74, 6) is 2.35. The highest BCUT2D eigenvalue weighted by atomic mass is 32.3.